The zero-order valence-electron chi connectivity index (χ0n) is 17.7. The van der Waals surface area contributed by atoms with Crippen LogP contribution in [0.5, 0.6) is 11.5 Å². The summed E-state index contributed by atoms with van der Waals surface area (Å²) < 4.78 is 11.4. The van der Waals surface area contributed by atoms with Crippen LogP contribution in [0.1, 0.15) is 15.2 Å². The zero-order chi connectivity index (χ0) is 22.9. The Labute approximate surface area is 195 Å². The molecule has 0 unspecified atom stereocenters. The highest BCUT2D eigenvalue weighted by Crippen LogP contribution is 2.21. The number of anilines is 2. The van der Waals surface area contributed by atoms with Gasteiger partial charge in [-0.05, 0) is 53.9 Å². The number of hydrogen-bond acceptors (Lipinski definition) is 5. The van der Waals surface area contributed by atoms with Gasteiger partial charge in [-0.3, -0.25) is 9.59 Å². The summed E-state index contributed by atoms with van der Waals surface area (Å²) in [5, 5.41) is 7.61. The molecule has 0 radical (unpaired) electrons. The van der Waals surface area contributed by atoms with Gasteiger partial charge in [-0.15, -0.1) is 11.3 Å². The Bertz CT molecular complexity index is 1210. The lowest BCUT2D eigenvalue weighted by molar-refractivity contribution is -0.118. The number of nitrogens with one attached hydrogen (secondary N) is 2. The smallest absolute Gasteiger partial charge is 0.262 e. The SMILES string of the molecule is O=C(COc1cccc(NC(=O)c2cccc(OCc3cccs3)c2)c1)Nc1ccccc1. The largest absolute Gasteiger partial charge is 0.488 e. The van der Waals surface area contributed by atoms with Crippen molar-refractivity contribution in [2.24, 2.45) is 0 Å². The molecule has 7 heteroatoms. The maximum absolute atomic E-state index is 12.7. The van der Waals surface area contributed by atoms with E-state index in [9.17, 15) is 9.59 Å². The normalized spacial score (nSPS) is 10.3. The van der Waals surface area contributed by atoms with E-state index in [1.54, 1.807) is 65.9 Å². The molecule has 4 rings (SSSR count). The standard InChI is InChI=1S/C26H22N2O4S/c29-25(27-20-8-2-1-3-9-20)18-32-23-12-5-10-21(16-23)28-26(30)19-7-4-11-22(15-19)31-17-24-13-6-14-33-24/h1-16H,17-18H2,(H,27,29)(H,28,30). The third kappa shape index (κ3) is 6.69. The van der Waals surface area contributed by atoms with Crippen LogP contribution in [0.2, 0.25) is 0 Å². The van der Waals surface area contributed by atoms with Gasteiger partial charge in [0, 0.05) is 27.9 Å². The monoisotopic (exact) mass is 458 g/mol. The number of carbonyl (C=O) groups is 2. The van der Waals surface area contributed by atoms with Crippen molar-refractivity contribution < 1.29 is 19.1 Å². The molecule has 0 saturated carbocycles. The highest BCUT2D eigenvalue weighted by Gasteiger charge is 2.09. The number of carbonyl (C=O) groups excluding carboxylic acids is 2. The zero-order valence-corrected chi connectivity index (χ0v) is 18.5. The molecule has 1 aromatic heterocycles. The second kappa shape index (κ2) is 11.0. The van der Waals surface area contributed by atoms with Crippen LogP contribution >= 0.6 is 11.3 Å². The number of benzene rings is 3. The molecule has 0 spiro atoms. The summed E-state index contributed by atoms with van der Waals surface area (Å²) in [6.45, 7) is 0.315. The number of amides is 2. The highest BCUT2D eigenvalue weighted by molar-refractivity contribution is 7.09. The van der Waals surface area contributed by atoms with E-state index in [-0.39, 0.29) is 18.4 Å². The van der Waals surface area contributed by atoms with Gasteiger partial charge in [-0.2, -0.15) is 0 Å². The summed E-state index contributed by atoms with van der Waals surface area (Å²) in [4.78, 5) is 25.9. The molecule has 0 saturated heterocycles. The minimum Gasteiger partial charge on any atom is -0.488 e. The Kier molecular flexibility index (Phi) is 7.35. The van der Waals surface area contributed by atoms with Gasteiger partial charge in [0.2, 0.25) is 0 Å². The molecule has 0 bridgehead atoms. The first-order valence-corrected chi connectivity index (χ1v) is 11.2. The van der Waals surface area contributed by atoms with Crippen molar-refractivity contribution in [3.8, 4) is 11.5 Å². The van der Waals surface area contributed by atoms with Gasteiger partial charge < -0.3 is 20.1 Å². The Hall–Kier alpha value is -4.10. The predicted molar refractivity (Wildman–Crippen MR) is 130 cm³/mol. The Morgan fingerprint density at radius 2 is 1.48 bits per heavy atom. The van der Waals surface area contributed by atoms with E-state index >= 15 is 0 Å². The quantitative estimate of drug-likeness (QED) is 0.342. The maximum atomic E-state index is 12.7. The van der Waals surface area contributed by atoms with Crippen LogP contribution in [0.25, 0.3) is 0 Å². The molecular weight excluding hydrogens is 436 g/mol. The van der Waals surface area contributed by atoms with Crippen molar-refractivity contribution in [2.45, 2.75) is 6.61 Å². The van der Waals surface area contributed by atoms with E-state index in [4.69, 9.17) is 9.47 Å². The number of thiophene rings is 1. The molecule has 2 amide bonds. The Balaban J connectivity index is 1.31. The van der Waals surface area contributed by atoms with Crippen LogP contribution in [-0.4, -0.2) is 18.4 Å². The first-order valence-electron chi connectivity index (χ1n) is 10.3. The molecular formula is C26H22N2O4S. The van der Waals surface area contributed by atoms with Crippen molar-refractivity contribution in [2.75, 3.05) is 17.2 Å². The fraction of sp³-hybridized carbons (Fsp3) is 0.0769. The minimum absolute atomic E-state index is 0.143. The third-order valence-corrected chi connectivity index (χ3v) is 5.43. The average molecular weight is 459 g/mol. The van der Waals surface area contributed by atoms with E-state index < -0.39 is 0 Å². The summed E-state index contributed by atoms with van der Waals surface area (Å²) in [6, 6.07) is 27.1. The van der Waals surface area contributed by atoms with Crippen LogP contribution in [-0.2, 0) is 11.4 Å². The average Bonchev–Trinajstić information content (AvgIpc) is 3.36. The van der Waals surface area contributed by atoms with E-state index in [0.29, 0.717) is 35.0 Å². The van der Waals surface area contributed by atoms with E-state index in [2.05, 4.69) is 10.6 Å². The minimum atomic E-state index is -0.269. The van der Waals surface area contributed by atoms with E-state index in [1.165, 1.54) is 0 Å². The second-order valence-electron chi connectivity index (χ2n) is 7.08. The molecule has 4 aromatic rings. The van der Waals surface area contributed by atoms with Gasteiger partial charge in [0.05, 0.1) is 0 Å². The molecule has 0 fully saturated rings. The van der Waals surface area contributed by atoms with Crippen LogP contribution in [0.3, 0.4) is 0 Å². The molecule has 33 heavy (non-hydrogen) atoms. The van der Waals surface area contributed by atoms with Crippen LogP contribution in [0.15, 0.2) is 96.4 Å². The highest BCUT2D eigenvalue weighted by atomic mass is 32.1. The Morgan fingerprint density at radius 3 is 2.27 bits per heavy atom. The first kappa shape index (κ1) is 22.1. The fourth-order valence-electron chi connectivity index (χ4n) is 3.01. The molecule has 166 valence electrons. The van der Waals surface area contributed by atoms with Gasteiger partial charge in [0.25, 0.3) is 11.8 Å². The summed E-state index contributed by atoms with van der Waals surface area (Å²) in [5.74, 6) is 0.562. The molecule has 3 aromatic carbocycles. The number of para-hydroxylation sites is 1. The molecule has 0 atom stereocenters. The lowest BCUT2D eigenvalue weighted by atomic mass is 10.2. The van der Waals surface area contributed by atoms with Gasteiger partial charge in [0.15, 0.2) is 6.61 Å². The lowest BCUT2D eigenvalue weighted by Crippen LogP contribution is -2.20. The lowest BCUT2D eigenvalue weighted by Gasteiger charge is -2.10. The topological polar surface area (TPSA) is 76.7 Å². The fourth-order valence-corrected chi connectivity index (χ4v) is 3.63. The van der Waals surface area contributed by atoms with Crippen molar-refractivity contribution in [1.82, 2.24) is 0 Å². The van der Waals surface area contributed by atoms with Gasteiger partial charge in [-0.1, -0.05) is 36.4 Å². The van der Waals surface area contributed by atoms with Crippen LogP contribution < -0.4 is 20.1 Å². The van der Waals surface area contributed by atoms with E-state index in [0.717, 1.165) is 4.88 Å². The first-order chi connectivity index (χ1) is 16.2. The van der Waals surface area contributed by atoms with Gasteiger partial charge in [0.1, 0.15) is 18.1 Å². The molecule has 6 nitrogen and oxygen atoms in total. The number of ether oxygens (including phenoxy) is 2. The van der Waals surface area contributed by atoms with Crippen LogP contribution in [0.4, 0.5) is 11.4 Å². The van der Waals surface area contributed by atoms with Crippen molar-refractivity contribution in [3.63, 3.8) is 0 Å². The summed E-state index contributed by atoms with van der Waals surface area (Å²) in [5.41, 5.74) is 1.74. The molecule has 1 heterocycles. The van der Waals surface area contributed by atoms with E-state index in [1.807, 2.05) is 41.8 Å². The van der Waals surface area contributed by atoms with Crippen LogP contribution in [0, 0.1) is 0 Å². The molecule has 2 N–H and O–H groups in total. The molecule has 0 aliphatic rings. The maximum Gasteiger partial charge on any atom is 0.262 e. The van der Waals surface area contributed by atoms with Crippen molar-refractivity contribution in [3.05, 3.63) is 107 Å². The number of rotatable bonds is 9. The third-order valence-electron chi connectivity index (χ3n) is 4.58. The molecule has 0 aliphatic carbocycles. The Morgan fingerprint density at radius 1 is 0.727 bits per heavy atom. The second-order valence-corrected chi connectivity index (χ2v) is 8.11. The van der Waals surface area contributed by atoms with Gasteiger partial charge in [-0.25, -0.2) is 0 Å². The summed E-state index contributed by atoms with van der Waals surface area (Å²) in [6.07, 6.45) is 0. The predicted octanol–water partition coefficient (Wildman–Crippen LogP) is 5.60. The van der Waals surface area contributed by atoms with Crippen molar-refractivity contribution >= 4 is 34.5 Å². The number of hydrogen-bond donors (Lipinski definition) is 2. The van der Waals surface area contributed by atoms with Gasteiger partial charge >= 0.3 is 0 Å². The molecule has 0 aliphatic heterocycles. The summed E-state index contributed by atoms with van der Waals surface area (Å²) >= 11 is 1.62. The van der Waals surface area contributed by atoms with Crippen molar-refractivity contribution in [1.29, 1.82) is 0 Å². The summed E-state index contributed by atoms with van der Waals surface area (Å²) in [7, 11) is 0.